The van der Waals surface area contributed by atoms with E-state index >= 15 is 0 Å². The molecular formula is C18H34N2O3. The first-order valence-corrected chi connectivity index (χ1v) is 8.49. The molecule has 1 amide bonds. The summed E-state index contributed by atoms with van der Waals surface area (Å²) in [6.45, 7) is 17.4. The minimum Gasteiger partial charge on any atom is -0.390 e. The Labute approximate surface area is 141 Å². The van der Waals surface area contributed by atoms with Crippen molar-refractivity contribution in [3.8, 4) is 0 Å². The molecule has 0 radical (unpaired) electrons. The van der Waals surface area contributed by atoms with E-state index in [-0.39, 0.29) is 17.6 Å². The molecule has 0 bridgehead atoms. The van der Waals surface area contributed by atoms with Gasteiger partial charge in [0.15, 0.2) is 0 Å². The van der Waals surface area contributed by atoms with Crippen molar-refractivity contribution >= 4 is 12.1 Å². The van der Waals surface area contributed by atoms with Crippen LogP contribution in [0.3, 0.4) is 0 Å². The summed E-state index contributed by atoms with van der Waals surface area (Å²) in [6, 6.07) is 0. The van der Waals surface area contributed by atoms with Crippen molar-refractivity contribution in [2.75, 3.05) is 19.7 Å². The van der Waals surface area contributed by atoms with Crippen molar-refractivity contribution in [1.82, 2.24) is 4.90 Å². The summed E-state index contributed by atoms with van der Waals surface area (Å²) in [5.41, 5.74) is 0.242. The molecule has 5 nitrogen and oxygen atoms in total. The van der Waals surface area contributed by atoms with Crippen LogP contribution >= 0.6 is 0 Å². The van der Waals surface area contributed by atoms with Gasteiger partial charge in [0.2, 0.25) is 0 Å². The summed E-state index contributed by atoms with van der Waals surface area (Å²) >= 11 is 0. The smallest absolute Gasteiger partial charge is 0.251 e. The topological polar surface area (TPSA) is 51.1 Å². The van der Waals surface area contributed by atoms with Crippen LogP contribution in [0.5, 0.6) is 0 Å². The van der Waals surface area contributed by atoms with E-state index in [0.29, 0.717) is 25.3 Å². The fourth-order valence-electron chi connectivity index (χ4n) is 1.67. The quantitative estimate of drug-likeness (QED) is 0.251. The maximum Gasteiger partial charge on any atom is 0.251 e. The van der Waals surface area contributed by atoms with Gasteiger partial charge in [-0.1, -0.05) is 18.7 Å². The van der Waals surface area contributed by atoms with Crippen molar-refractivity contribution in [2.45, 2.75) is 72.5 Å². The van der Waals surface area contributed by atoms with Crippen LogP contribution < -0.4 is 0 Å². The summed E-state index contributed by atoms with van der Waals surface area (Å²) in [6.07, 6.45) is 4.44. The molecule has 134 valence electrons. The number of amides is 1. The van der Waals surface area contributed by atoms with Crippen molar-refractivity contribution in [3.05, 3.63) is 12.2 Å². The molecule has 0 spiro atoms. The normalized spacial score (nSPS) is 13.1. The Morgan fingerprint density at radius 2 is 2.00 bits per heavy atom. The molecule has 0 aromatic heterocycles. The van der Waals surface area contributed by atoms with Crippen molar-refractivity contribution in [3.63, 3.8) is 0 Å². The third-order valence-electron chi connectivity index (χ3n) is 3.25. The van der Waals surface area contributed by atoms with Crippen LogP contribution in [0.2, 0.25) is 0 Å². The standard InChI is InChI=1S/C18H34N2O3/c1-8-16(4)22-14-15(3)17(21)20(9-2)13-11-10-12-19-23-18(5,6)7/h12,16H,3,8-11,13-14H2,1-2,4-7H3/b19-12+/t16-/m0/s1. The molecule has 1 atom stereocenters. The van der Waals surface area contributed by atoms with Crippen LogP contribution in [0, 0.1) is 0 Å². The fourth-order valence-corrected chi connectivity index (χ4v) is 1.67. The molecule has 0 aromatic rings. The molecule has 0 saturated carbocycles. The molecule has 0 heterocycles. The molecule has 23 heavy (non-hydrogen) atoms. The van der Waals surface area contributed by atoms with Gasteiger partial charge in [-0.25, -0.2) is 0 Å². The monoisotopic (exact) mass is 326 g/mol. The van der Waals surface area contributed by atoms with E-state index in [1.165, 1.54) is 0 Å². The van der Waals surface area contributed by atoms with Crippen molar-refractivity contribution < 1.29 is 14.4 Å². The number of nitrogens with zero attached hydrogens (tertiary/aromatic N) is 2. The highest BCUT2D eigenvalue weighted by atomic mass is 16.6. The number of ether oxygens (including phenoxy) is 1. The molecule has 0 aliphatic heterocycles. The second-order valence-corrected chi connectivity index (χ2v) is 6.65. The Bertz CT molecular complexity index is 386. The minimum absolute atomic E-state index is 0.0290. The lowest BCUT2D eigenvalue weighted by atomic mass is 10.2. The predicted molar refractivity (Wildman–Crippen MR) is 95.7 cm³/mol. The van der Waals surface area contributed by atoms with Crippen molar-refractivity contribution in [2.24, 2.45) is 5.16 Å². The average Bonchev–Trinajstić information content (AvgIpc) is 2.49. The van der Waals surface area contributed by atoms with Gasteiger partial charge in [0.1, 0.15) is 5.60 Å². The molecule has 0 N–H and O–H groups in total. The molecule has 0 rings (SSSR count). The highest BCUT2D eigenvalue weighted by Crippen LogP contribution is 2.07. The van der Waals surface area contributed by atoms with E-state index in [9.17, 15) is 4.79 Å². The molecular weight excluding hydrogens is 292 g/mol. The Morgan fingerprint density at radius 1 is 1.35 bits per heavy atom. The van der Waals surface area contributed by atoms with E-state index in [2.05, 4.69) is 18.7 Å². The minimum atomic E-state index is -0.269. The van der Waals surface area contributed by atoms with Crippen LogP contribution in [0.1, 0.15) is 60.8 Å². The van der Waals surface area contributed by atoms with Gasteiger partial charge in [0.05, 0.1) is 12.7 Å². The summed E-state index contributed by atoms with van der Waals surface area (Å²) in [5, 5.41) is 3.94. The van der Waals surface area contributed by atoms with Crippen LogP contribution in [-0.2, 0) is 14.4 Å². The van der Waals surface area contributed by atoms with Gasteiger partial charge in [-0.2, -0.15) is 0 Å². The first kappa shape index (κ1) is 21.6. The number of carbonyl (C=O) groups excluding carboxylic acids is 1. The number of hydrogen-bond acceptors (Lipinski definition) is 4. The SMILES string of the molecule is C=C(CO[C@@H](C)CC)C(=O)N(CC)CCC/C=N/OC(C)(C)C. The summed E-state index contributed by atoms with van der Waals surface area (Å²) in [5.74, 6) is -0.0290. The van der Waals surface area contributed by atoms with Crippen molar-refractivity contribution in [1.29, 1.82) is 0 Å². The molecule has 5 heteroatoms. The second kappa shape index (κ2) is 11.2. The first-order chi connectivity index (χ1) is 10.7. The van der Waals surface area contributed by atoms with Gasteiger partial charge in [-0.3, -0.25) is 4.79 Å². The van der Waals surface area contributed by atoms with Gasteiger partial charge in [0, 0.05) is 24.9 Å². The molecule has 0 aliphatic rings. The van der Waals surface area contributed by atoms with E-state index in [1.54, 1.807) is 11.1 Å². The van der Waals surface area contributed by atoms with Gasteiger partial charge < -0.3 is 14.5 Å². The van der Waals surface area contributed by atoms with Gasteiger partial charge in [-0.05, 0) is 53.9 Å². The molecule has 0 fully saturated rings. The number of oxime groups is 1. The average molecular weight is 326 g/mol. The Kier molecular flexibility index (Phi) is 10.6. The zero-order valence-corrected chi connectivity index (χ0v) is 15.7. The van der Waals surface area contributed by atoms with Crippen LogP contribution in [0.4, 0.5) is 0 Å². The number of likely N-dealkylation sites (N-methyl/N-ethyl adjacent to an activating group) is 1. The number of carbonyl (C=O) groups is 1. The van der Waals surface area contributed by atoms with E-state index in [4.69, 9.17) is 9.57 Å². The number of unbranched alkanes of at least 4 members (excludes halogenated alkanes) is 1. The van der Waals surface area contributed by atoms with E-state index < -0.39 is 0 Å². The lowest BCUT2D eigenvalue weighted by Gasteiger charge is -2.22. The van der Waals surface area contributed by atoms with Crippen LogP contribution in [0.15, 0.2) is 17.3 Å². The molecule has 0 unspecified atom stereocenters. The zero-order chi connectivity index (χ0) is 17.9. The fraction of sp³-hybridized carbons (Fsp3) is 0.778. The Morgan fingerprint density at radius 3 is 2.52 bits per heavy atom. The Hall–Kier alpha value is -1.36. The third-order valence-corrected chi connectivity index (χ3v) is 3.25. The summed E-state index contributed by atoms with van der Waals surface area (Å²) in [4.78, 5) is 19.4. The molecule has 0 aromatic carbocycles. The lowest BCUT2D eigenvalue weighted by molar-refractivity contribution is -0.127. The first-order valence-electron chi connectivity index (χ1n) is 8.49. The molecule has 0 aliphatic carbocycles. The summed E-state index contributed by atoms with van der Waals surface area (Å²) < 4.78 is 5.57. The van der Waals surface area contributed by atoms with Gasteiger partial charge >= 0.3 is 0 Å². The van der Waals surface area contributed by atoms with Gasteiger partial charge in [0.25, 0.3) is 5.91 Å². The van der Waals surface area contributed by atoms with E-state index in [0.717, 1.165) is 19.3 Å². The maximum absolute atomic E-state index is 12.3. The highest BCUT2D eigenvalue weighted by Gasteiger charge is 2.15. The lowest BCUT2D eigenvalue weighted by Crippen LogP contribution is -2.34. The Balaban J connectivity index is 4.13. The van der Waals surface area contributed by atoms with Crippen LogP contribution in [-0.4, -0.2) is 48.4 Å². The largest absolute Gasteiger partial charge is 0.390 e. The predicted octanol–water partition coefficient (Wildman–Crippen LogP) is 3.79. The highest BCUT2D eigenvalue weighted by molar-refractivity contribution is 5.93. The second-order valence-electron chi connectivity index (χ2n) is 6.65. The number of hydrogen-bond donors (Lipinski definition) is 0. The van der Waals surface area contributed by atoms with Gasteiger partial charge in [-0.15, -0.1) is 0 Å². The van der Waals surface area contributed by atoms with E-state index in [1.807, 2.05) is 34.6 Å². The molecule has 0 saturated heterocycles. The number of rotatable bonds is 11. The maximum atomic E-state index is 12.3. The zero-order valence-electron chi connectivity index (χ0n) is 15.7. The van der Waals surface area contributed by atoms with Crippen LogP contribution in [0.25, 0.3) is 0 Å². The third kappa shape index (κ3) is 10.9. The summed E-state index contributed by atoms with van der Waals surface area (Å²) in [7, 11) is 0.